The summed E-state index contributed by atoms with van der Waals surface area (Å²) in [4.78, 5) is 16.3. The number of hydrogen-bond donors (Lipinski definition) is 2. The highest BCUT2D eigenvalue weighted by molar-refractivity contribution is 6.30. The van der Waals surface area contributed by atoms with E-state index in [1.807, 2.05) is 24.3 Å². The van der Waals surface area contributed by atoms with Crippen molar-refractivity contribution >= 4 is 29.0 Å². The van der Waals surface area contributed by atoms with Crippen molar-refractivity contribution in [3.63, 3.8) is 0 Å². The number of hydrogen-bond acceptors (Lipinski definition) is 3. The Morgan fingerprint density at radius 2 is 1.78 bits per heavy atom. The first-order valence-corrected chi connectivity index (χ1v) is 8.60. The fourth-order valence-electron chi connectivity index (χ4n) is 2.46. The molecule has 1 heterocycles. The van der Waals surface area contributed by atoms with Crippen LogP contribution in [-0.4, -0.2) is 17.4 Å². The molecule has 1 aromatic heterocycles. The minimum Gasteiger partial charge on any atom is -0.370 e. The number of carbonyl (C=O) groups excluding carboxylic acids is 1. The summed E-state index contributed by atoms with van der Waals surface area (Å²) in [6.45, 7) is 0.638. The number of pyridine rings is 1. The van der Waals surface area contributed by atoms with Crippen LogP contribution < -0.4 is 10.6 Å². The Kier molecular flexibility index (Phi) is 5.98. The van der Waals surface area contributed by atoms with E-state index in [1.54, 1.807) is 6.07 Å². The molecule has 0 radical (unpaired) electrons. The van der Waals surface area contributed by atoms with Gasteiger partial charge in [0.1, 0.15) is 23.1 Å². The highest BCUT2D eigenvalue weighted by Crippen LogP contribution is 2.19. The molecule has 7 heteroatoms. The maximum absolute atomic E-state index is 13.6. The summed E-state index contributed by atoms with van der Waals surface area (Å²) in [5, 5.41) is 6.05. The van der Waals surface area contributed by atoms with Crippen LogP contribution in [0.5, 0.6) is 0 Å². The molecule has 0 unspecified atom stereocenters. The highest BCUT2D eigenvalue weighted by Gasteiger charge is 2.13. The Balaban J connectivity index is 1.57. The lowest BCUT2D eigenvalue weighted by atomic mass is 10.1. The highest BCUT2D eigenvalue weighted by atomic mass is 35.5. The van der Waals surface area contributed by atoms with Gasteiger partial charge in [-0.15, -0.1) is 0 Å². The third kappa shape index (κ3) is 5.01. The summed E-state index contributed by atoms with van der Waals surface area (Å²) in [5.74, 6) is -1.73. The first kappa shape index (κ1) is 18.8. The van der Waals surface area contributed by atoms with Crippen molar-refractivity contribution < 1.29 is 13.6 Å². The molecule has 2 aromatic carbocycles. The van der Waals surface area contributed by atoms with E-state index in [1.165, 1.54) is 18.3 Å². The maximum atomic E-state index is 13.6. The monoisotopic (exact) mass is 387 g/mol. The van der Waals surface area contributed by atoms with Gasteiger partial charge in [-0.05, 0) is 48.4 Å². The molecule has 0 atom stereocenters. The number of carbonyl (C=O) groups is 1. The van der Waals surface area contributed by atoms with Gasteiger partial charge in [-0.2, -0.15) is 0 Å². The number of amides is 1. The molecule has 0 saturated carbocycles. The average molecular weight is 388 g/mol. The Morgan fingerprint density at radius 3 is 2.44 bits per heavy atom. The Hall–Kier alpha value is -2.99. The molecule has 0 saturated heterocycles. The van der Waals surface area contributed by atoms with Crippen LogP contribution >= 0.6 is 11.6 Å². The van der Waals surface area contributed by atoms with Crippen LogP contribution in [0.25, 0.3) is 0 Å². The van der Waals surface area contributed by atoms with Crippen LogP contribution in [0.2, 0.25) is 5.02 Å². The van der Waals surface area contributed by atoms with E-state index in [-0.39, 0.29) is 5.56 Å². The zero-order valence-corrected chi connectivity index (χ0v) is 14.9. The van der Waals surface area contributed by atoms with Crippen LogP contribution in [0.3, 0.4) is 0 Å². The normalized spacial score (nSPS) is 10.5. The summed E-state index contributed by atoms with van der Waals surface area (Å²) in [6, 6.07) is 14.1. The largest absolute Gasteiger partial charge is 0.370 e. The van der Waals surface area contributed by atoms with Crippen molar-refractivity contribution in [1.82, 2.24) is 4.98 Å². The van der Waals surface area contributed by atoms with Gasteiger partial charge in [0.25, 0.3) is 5.91 Å². The van der Waals surface area contributed by atoms with Gasteiger partial charge in [0.2, 0.25) is 0 Å². The molecule has 0 spiro atoms. The van der Waals surface area contributed by atoms with Gasteiger partial charge in [0, 0.05) is 17.8 Å². The van der Waals surface area contributed by atoms with Crippen molar-refractivity contribution in [3.05, 3.63) is 88.6 Å². The number of para-hydroxylation sites is 1. The molecule has 3 aromatic rings. The quantitative estimate of drug-likeness (QED) is 0.631. The van der Waals surface area contributed by atoms with E-state index < -0.39 is 23.2 Å². The zero-order valence-electron chi connectivity index (χ0n) is 14.2. The lowest BCUT2D eigenvalue weighted by Gasteiger charge is -2.09. The molecule has 2 N–H and O–H groups in total. The third-order valence-corrected chi connectivity index (χ3v) is 4.07. The third-order valence-electron chi connectivity index (χ3n) is 3.84. The number of anilines is 2. The Morgan fingerprint density at radius 1 is 1.04 bits per heavy atom. The molecule has 0 fully saturated rings. The first-order valence-electron chi connectivity index (χ1n) is 8.22. The van der Waals surface area contributed by atoms with E-state index in [0.29, 0.717) is 17.4 Å². The van der Waals surface area contributed by atoms with E-state index in [9.17, 15) is 13.6 Å². The number of benzene rings is 2. The minimum absolute atomic E-state index is 0.193. The van der Waals surface area contributed by atoms with Crippen molar-refractivity contribution in [2.24, 2.45) is 0 Å². The van der Waals surface area contributed by atoms with E-state index in [4.69, 9.17) is 11.6 Å². The minimum atomic E-state index is -0.837. The Bertz CT molecular complexity index is 928. The maximum Gasteiger partial charge on any atom is 0.257 e. The van der Waals surface area contributed by atoms with Gasteiger partial charge in [0.05, 0.1) is 5.56 Å². The van der Waals surface area contributed by atoms with E-state index in [2.05, 4.69) is 15.6 Å². The van der Waals surface area contributed by atoms with E-state index in [0.717, 1.165) is 24.1 Å². The summed E-state index contributed by atoms with van der Waals surface area (Å²) in [7, 11) is 0. The summed E-state index contributed by atoms with van der Waals surface area (Å²) >= 11 is 5.95. The van der Waals surface area contributed by atoms with Crippen molar-refractivity contribution in [3.8, 4) is 0 Å². The van der Waals surface area contributed by atoms with Crippen molar-refractivity contribution in [2.45, 2.75) is 6.42 Å². The van der Waals surface area contributed by atoms with Gasteiger partial charge < -0.3 is 10.6 Å². The van der Waals surface area contributed by atoms with Gasteiger partial charge >= 0.3 is 0 Å². The lowest BCUT2D eigenvalue weighted by Crippen LogP contribution is -2.15. The molecule has 27 heavy (non-hydrogen) atoms. The number of rotatable bonds is 6. The summed E-state index contributed by atoms with van der Waals surface area (Å²) < 4.78 is 27.2. The molecular formula is C20H16ClF2N3O. The molecule has 0 aliphatic heterocycles. The topological polar surface area (TPSA) is 54.0 Å². The second kappa shape index (κ2) is 8.60. The average Bonchev–Trinajstić information content (AvgIpc) is 2.65. The Labute approximate surface area is 160 Å². The van der Waals surface area contributed by atoms with Crippen LogP contribution in [0.15, 0.2) is 60.8 Å². The second-order valence-corrected chi connectivity index (χ2v) is 6.23. The SMILES string of the molecule is O=C(Nc1c(F)cccc1F)c1ccc(NCCc2cccc(Cl)c2)nc1. The lowest BCUT2D eigenvalue weighted by molar-refractivity contribution is 0.102. The second-order valence-electron chi connectivity index (χ2n) is 5.79. The summed E-state index contributed by atoms with van der Waals surface area (Å²) in [5.41, 5.74) is 0.808. The van der Waals surface area contributed by atoms with Gasteiger partial charge in [-0.1, -0.05) is 29.8 Å². The smallest absolute Gasteiger partial charge is 0.257 e. The molecule has 0 aliphatic rings. The zero-order chi connectivity index (χ0) is 19.2. The number of halogens is 3. The number of aromatic nitrogens is 1. The molecule has 3 rings (SSSR count). The molecule has 138 valence electrons. The van der Waals surface area contributed by atoms with Crippen LogP contribution in [0, 0.1) is 11.6 Å². The van der Waals surface area contributed by atoms with E-state index >= 15 is 0 Å². The van der Waals surface area contributed by atoms with Crippen LogP contribution in [0.1, 0.15) is 15.9 Å². The van der Waals surface area contributed by atoms with Crippen LogP contribution in [-0.2, 0) is 6.42 Å². The fourth-order valence-corrected chi connectivity index (χ4v) is 2.68. The van der Waals surface area contributed by atoms with Gasteiger partial charge in [-0.3, -0.25) is 4.79 Å². The first-order chi connectivity index (χ1) is 13.0. The van der Waals surface area contributed by atoms with Crippen molar-refractivity contribution in [2.75, 3.05) is 17.2 Å². The fraction of sp³-hybridized carbons (Fsp3) is 0.100. The van der Waals surface area contributed by atoms with Gasteiger partial charge in [0.15, 0.2) is 0 Å². The standard InChI is InChI=1S/C20H16ClF2N3O/c21-15-4-1-3-13(11-15)9-10-24-18-8-7-14(12-25-18)20(27)26-19-16(22)5-2-6-17(19)23/h1-8,11-12H,9-10H2,(H,24,25)(H,26,27). The summed E-state index contributed by atoms with van der Waals surface area (Å²) in [6.07, 6.45) is 2.10. The van der Waals surface area contributed by atoms with Gasteiger partial charge in [-0.25, -0.2) is 13.8 Å². The number of nitrogens with one attached hydrogen (secondary N) is 2. The molecular weight excluding hydrogens is 372 g/mol. The van der Waals surface area contributed by atoms with Crippen molar-refractivity contribution in [1.29, 1.82) is 0 Å². The molecule has 4 nitrogen and oxygen atoms in total. The molecule has 0 bridgehead atoms. The molecule has 0 aliphatic carbocycles. The predicted octanol–water partition coefficient (Wildman–Crippen LogP) is 4.92. The number of nitrogens with zero attached hydrogens (tertiary/aromatic N) is 1. The predicted molar refractivity (Wildman–Crippen MR) is 102 cm³/mol. The van der Waals surface area contributed by atoms with Crippen LogP contribution in [0.4, 0.5) is 20.3 Å². The molecule has 1 amide bonds.